The van der Waals surface area contributed by atoms with Crippen LogP contribution in [0.2, 0.25) is 0 Å². The van der Waals surface area contributed by atoms with Gasteiger partial charge in [0.15, 0.2) is 0 Å². The van der Waals surface area contributed by atoms with Gasteiger partial charge in [-0.15, -0.1) is 0 Å². The van der Waals surface area contributed by atoms with Crippen LogP contribution >= 0.6 is 0 Å². The van der Waals surface area contributed by atoms with E-state index in [1.807, 2.05) is 12.1 Å². The van der Waals surface area contributed by atoms with Gasteiger partial charge in [0.25, 0.3) is 0 Å². The molecule has 2 fully saturated rings. The van der Waals surface area contributed by atoms with Gasteiger partial charge in [-0.25, -0.2) is 5.01 Å². The Hall–Kier alpha value is -0.160. The van der Waals surface area contributed by atoms with Gasteiger partial charge in [0.2, 0.25) is 0 Å². The van der Waals surface area contributed by atoms with Crippen molar-refractivity contribution in [3.63, 3.8) is 0 Å². The van der Waals surface area contributed by atoms with Crippen molar-refractivity contribution >= 4 is 0 Å². The molecule has 0 bridgehead atoms. The Kier molecular flexibility index (Phi) is 3.97. The molecule has 0 radical (unpaired) electrons. The van der Waals surface area contributed by atoms with Crippen molar-refractivity contribution in [1.29, 1.82) is 0 Å². The quantitative estimate of drug-likeness (QED) is 0.534. The van der Waals surface area contributed by atoms with E-state index in [9.17, 15) is 0 Å². The lowest BCUT2D eigenvalue weighted by molar-refractivity contribution is 0.0158. The van der Waals surface area contributed by atoms with Crippen molar-refractivity contribution in [2.45, 2.75) is 37.8 Å². The van der Waals surface area contributed by atoms with Crippen LogP contribution in [0, 0.1) is 0 Å². The lowest BCUT2D eigenvalue weighted by Gasteiger charge is -2.40. The zero-order valence-electron chi connectivity index (χ0n) is 9.69. The van der Waals surface area contributed by atoms with E-state index in [2.05, 4.69) is 4.90 Å². The summed E-state index contributed by atoms with van der Waals surface area (Å²) in [5, 5.41) is 1.88. The predicted molar refractivity (Wildman–Crippen MR) is 60.4 cm³/mol. The number of hydrazine groups is 1. The Labute approximate surface area is 92.3 Å². The molecule has 2 aliphatic rings. The number of hydrogen-bond acceptors (Lipinski definition) is 4. The minimum absolute atomic E-state index is 0.584. The number of ether oxygens (including phenoxy) is 1. The third-order valence-electron chi connectivity index (χ3n) is 3.78. The first kappa shape index (κ1) is 11.3. The van der Waals surface area contributed by atoms with E-state index in [0.29, 0.717) is 6.04 Å². The Morgan fingerprint density at radius 1 is 1.13 bits per heavy atom. The first-order valence-electron chi connectivity index (χ1n) is 6.06. The van der Waals surface area contributed by atoms with Crippen LogP contribution in [0.15, 0.2) is 0 Å². The molecule has 15 heavy (non-hydrogen) atoms. The molecule has 4 heteroatoms. The minimum atomic E-state index is 0.584. The molecule has 88 valence electrons. The van der Waals surface area contributed by atoms with Crippen molar-refractivity contribution < 1.29 is 4.74 Å². The van der Waals surface area contributed by atoms with Gasteiger partial charge in [-0.2, -0.15) is 0 Å². The lowest BCUT2D eigenvalue weighted by Crippen LogP contribution is -2.50. The molecule has 0 amide bonds. The van der Waals surface area contributed by atoms with Gasteiger partial charge in [0.1, 0.15) is 0 Å². The van der Waals surface area contributed by atoms with Crippen LogP contribution in [0.1, 0.15) is 25.7 Å². The van der Waals surface area contributed by atoms with Crippen LogP contribution in [0.4, 0.5) is 0 Å². The van der Waals surface area contributed by atoms with E-state index in [4.69, 9.17) is 10.6 Å². The molecule has 0 aromatic heterocycles. The summed E-state index contributed by atoms with van der Waals surface area (Å²) in [6, 6.07) is 1.35. The average molecular weight is 213 g/mol. The standard InChI is InChI=1S/C11H23N3O/c1-13(12)10-2-6-14(7-3-10)11-4-8-15-9-5-11/h10-11H,2-9,12H2,1H3. The van der Waals surface area contributed by atoms with Crippen LogP contribution in [-0.4, -0.2) is 55.3 Å². The largest absolute Gasteiger partial charge is 0.381 e. The summed E-state index contributed by atoms with van der Waals surface area (Å²) in [5.41, 5.74) is 0. The van der Waals surface area contributed by atoms with Crippen molar-refractivity contribution in [2.75, 3.05) is 33.4 Å². The maximum Gasteiger partial charge on any atom is 0.0480 e. The van der Waals surface area contributed by atoms with Crippen molar-refractivity contribution in [3.05, 3.63) is 0 Å². The Bertz CT molecular complexity index is 184. The molecule has 0 saturated carbocycles. The van der Waals surface area contributed by atoms with Crippen LogP contribution in [0.3, 0.4) is 0 Å². The van der Waals surface area contributed by atoms with E-state index in [1.54, 1.807) is 0 Å². The number of rotatable bonds is 2. The minimum Gasteiger partial charge on any atom is -0.381 e. The highest BCUT2D eigenvalue weighted by atomic mass is 16.5. The van der Waals surface area contributed by atoms with E-state index < -0.39 is 0 Å². The van der Waals surface area contributed by atoms with Gasteiger partial charge in [-0.05, 0) is 38.8 Å². The molecule has 2 rings (SSSR count). The number of likely N-dealkylation sites (tertiary alicyclic amines) is 1. The van der Waals surface area contributed by atoms with E-state index >= 15 is 0 Å². The molecule has 4 nitrogen and oxygen atoms in total. The van der Waals surface area contributed by atoms with Crippen LogP contribution in [0.25, 0.3) is 0 Å². The summed E-state index contributed by atoms with van der Waals surface area (Å²) < 4.78 is 5.39. The first-order valence-corrected chi connectivity index (χ1v) is 6.06. The molecule has 0 atom stereocenters. The summed E-state index contributed by atoms with van der Waals surface area (Å²) in [5.74, 6) is 5.79. The van der Waals surface area contributed by atoms with Crippen molar-refractivity contribution in [2.24, 2.45) is 5.84 Å². The zero-order chi connectivity index (χ0) is 10.7. The molecule has 0 aliphatic carbocycles. The average Bonchev–Trinajstić information content (AvgIpc) is 2.30. The fourth-order valence-corrected chi connectivity index (χ4v) is 2.71. The van der Waals surface area contributed by atoms with Crippen LogP contribution in [-0.2, 0) is 4.74 Å². The number of nitrogens with two attached hydrogens (primary N) is 1. The molecule has 0 spiro atoms. The van der Waals surface area contributed by atoms with Gasteiger partial charge >= 0.3 is 0 Å². The second-order valence-corrected chi connectivity index (χ2v) is 4.78. The highest BCUT2D eigenvalue weighted by molar-refractivity contribution is 4.82. The lowest BCUT2D eigenvalue weighted by atomic mass is 9.99. The summed E-state index contributed by atoms with van der Waals surface area (Å²) in [4.78, 5) is 2.63. The second kappa shape index (κ2) is 5.25. The van der Waals surface area contributed by atoms with Gasteiger partial charge in [-0.3, -0.25) is 5.84 Å². The maximum absolute atomic E-state index is 5.79. The van der Waals surface area contributed by atoms with Gasteiger partial charge in [0.05, 0.1) is 0 Å². The molecule has 0 aromatic carbocycles. The molecule has 2 heterocycles. The smallest absolute Gasteiger partial charge is 0.0480 e. The highest BCUT2D eigenvalue weighted by Crippen LogP contribution is 2.20. The number of nitrogens with zero attached hydrogens (tertiary/aromatic N) is 2. The number of hydrogen-bond donors (Lipinski definition) is 1. The highest BCUT2D eigenvalue weighted by Gasteiger charge is 2.27. The monoisotopic (exact) mass is 213 g/mol. The fraction of sp³-hybridized carbons (Fsp3) is 1.00. The molecule has 0 aromatic rings. The second-order valence-electron chi connectivity index (χ2n) is 4.78. The predicted octanol–water partition coefficient (Wildman–Crippen LogP) is 0.435. The topological polar surface area (TPSA) is 41.7 Å². The summed E-state index contributed by atoms with van der Waals surface area (Å²) in [6.07, 6.45) is 4.85. The molecule has 2 aliphatic heterocycles. The fourth-order valence-electron chi connectivity index (χ4n) is 2.71. The first-order chi connectivity index (χ1) is 7.27. The molecular formula is C11H23N3O. The van der Waals surface area contributed by atoms with Gasteiger partial charge < -0.3 is 9.64 Å². The van der Waals surface area contributed by atoms with E-state index in [0.717, 1.165) is 19.3 Å². The summed E-state index contributed by atoms with van der Waals surface area (Å²) in [6.45, 7) is 4.30. The Balaban J connectivity index is 1.77. The molecule has 2 saturated heterocycles. The van der Waals surface area contributed by atoms with Crippen LogP contribution < -0.4 is 5.84 Å². The third kappa shape index (κ3) is 2.91. The van der Waals surface area contributed by atoms with Gasteiger partial charge in [-0.1, -0.05) is 0 Å². The maximum atomic E-state index is 5.79. The normalized spacial score (nSPS) is 27.4. The molecule has 2 N–H and O–H groups in total. The van der Waals surface area contributed by atoms with Gasteiger partial charge in [0, 0.05) is 32.3 Å². The summed E-state index contributed by atoms with van der Waals surface area (Å²) >= 11 is 0. The zero-order valence-corrected chi connectivity index (χ0v) is 9.69. The van der Waals surface area contributed by atoms with Crippen molar-refractivity contribution in [3.8, 4) is 0 Å². The van der Waals surface area contributed by atoms with E-state index in [-0.39, 0.29) is 0 Å². The third-order valence-corrected chi connectivity index (χ3v) is 3.78. The summed E-state index contributed by atoms with van der Waals surface area (Å²) in [7, 11) is 1.98. The molecule has 0 unspecified atom stereocenters. The Morgan fingerprint density at radius 3 is 2.27 bits per heavy atom. The molecular weight excluding hydrogens is 190 g/mol. The van der Waals surface area contributed by atoms with E-state index in [1.165, 1.54) is 38.8 Å². The van der Waals surface area contributed by atoms with Crippen LogP contribution in [0.5, 0.6) is 0 Å². The SMILES string of the molecule is CN(N)C1CCN(C2CCOCC2)CC1. The Morgan fingerprint density at radius 2 is 1.73 bits per heavy atom. The number of piperidine rings is 1. The van der Waals surface area contributed by atoms with Crippen molar-refractivity contribution in [1.82, 2.24) is 9.91 Å².